The average Bonchev–Trinajstić information content (AvgIpc) is 3.31. The molecule has 2 saturated heterocycles. The van der Waals surface area contributed by atoms with E-state index >= 15 is 0 Å². The van der Waals surface area contributed by atoms with Crippen LogP contribution in [0.15, 0.2) is 30.3 Å². The number of carbonyl (C=O) groups excluding carboxylic acids is 1. The third-order valence-electron chi connectivity index (χ3n) is 5.62. The normalized spacial score (nSPS) is 19.8. The number of fused-ring (bicyclic) bond motifs is 1. The SMILES string of the molecule is Cc1cc2ccccc2n1CC(=O)N1CCN(S(=O)(=O)N2CCCC2)CC1. The molecule has 7 nitrogen and oxygen atoms in total. The molecule has 0 atom stereocenters. The molecule has 8 heteroatoms. The van der Waals surface area contributed by atoms with E-state index in [1.165, 1.54) is 4.31 Å². The molecule has 2 aliphatic heterocycles. The highest BCUT2D eigenvalue weighted by Gasteiger charge is 2.34. The Morgan fingerprint density at radius 1 is 0.963 bits per heavy atom. The summed E-state index contributed by atoms with van der Waals surface area (Å²) >= 11 is 0. The van der Waals surface area contributed by atoms with Gasteiger partial charge in [0.05, 0.1) is 0 Å². The third kappa shape index (κ3) is 3.49. The van der Waals surface area contributed by atoms with E-state index in [-0.39, 0.29) is 12.5 Å². The largest absolute Gasteiger partial charge is 0.339 e. The van der Waals surface area contributed by atoms with Gasteiger partial charge in [0.1, 0.15) is 6.54 Å². The number of para-hydroxylation sites is 1. The monoisotopic (exact) mass is 390 g/mol. The lowest BCUT2D eigenvalue weighted by atomic mass is 10.2. The lowest BCUT2D eigenvalue weighted by Gasteiger charge is -2.36. The van der Waals surface area contributed by atoms with Crippen LogP contribution in [0.2, 0.25) is 0 Å². The van der Waals surface area contributed by atoms with Gasteiger partial charge in [-0.25, -0.2) is 0 Å². The Bertz CT molecular complexity index is 939. The minimum atomic E-state index is -3.37. The lowest BCUT2D eigenvalue weighted by molar-refractivity contribution is -0.133. The number of hydrogen-bond donors (Lipinski definition) is 0. The molecule has 0 saturated carbocycles. The van der Waals surface area contributed by atoms with Gasteiger partial charge in [-0.3, -0.25) is 4.79 Å². The fourth-order valence-electron chi connectivity index (χ4n) is 4.04. The van der Waals surface area contributed by atoms with Crippen molar-refractivity contribution in [2.45, 2.75) is 26.3 Å². The van der Waals surface area contributed by atoms with E-state index in [2.05, 4.69) is 6.07 Å². The molecule has 0 N–H and O–H groups in total. The Balaban J connectivity index is 1.41. The first-order valence-corrected chi connectivity index (χ1v) is 10.9. The van der Waals surface area contributed by atoms with Crippen molar-refractivity contribution in [1.29, 1.82) is 0 Å². The van der Waals surface area contributed by atoms with Gasteiger partial charge in [-0.2, -0.15) is 17.0 Å². The summed E-state index contributed by atoms with van der Waals surface area (Å²) in [5.41, 5.74) is 2.11. The lowest BCUT2D eigenvalue weighted by Crippen LogP contribution is -2.54. The van der Waals surface area contributed by atoms with Gasteiger partial charge in [0, 0.05) is 50.5 Å². The number of nitrogens with zero attached hydrogens (tertiary/aromatic N) is 4. The Morgan fingerprint density at radius 3 is 2.30 bits per heavy atom. The molecular formula is C19H26N4O3S. The number of rotatable bonds is 4. The molecule has 1 aromatic heterocycles. The van der Waals surface area contributed by atoms with E-state index in [1.54, 1.807) is 9.21 Å². The summed E-state index contributed by atoms with van der Waals surface area (Å²) in [4.78, 5) is 14.6. The Morgan fingerprint density at radius 2 is 1.59 bits per heavy atom. The first kappa shape index (κ1) is 18.5. The molecule has 0 spiro atoms. The number of piperazine rings is 1. The van der Waals surface area contributed by atoms with Gasteiger partial charge in [0.25, 0.3) is 10.2 Å². The minimum absolute atomic E-state index is 0.0395. The predicted octanol–water partition coefficient (Wildman–Crippen LogP) is 1.43. The van der Waals surface area contributed by atoms with Crippen LogP contribution in [-0.4, -0.2) is 71.7 Å². The van der Waals surface area contributed by atoms with Crippen LogP contribution >= 0.6 is 0 Å². The van der Waals surface area contributed by atoms with Gasteiger partial charge in [-0.15, -0.1) is 0 Å². The molecule has 3 heterocycles. The molecule has 2 aliphatic rings. The standard InChI is InChI=1S/C19H26N4O3S/c1-16-14-17-6-2-3-7-18(17)23(16)15-19(24)20-10-12-22(13-11-20)27(25,26)21-8-4-5-9-21/h2-3,6-7,14H,4-5,8-13,15H2,1H3. The smallest absolute Gasteiger partial charge is 0.282 e. The predicted molar refractivity (Wildman–Crippen MR) is 105 cm³/mol. The first-order chi connectivity index (χ1) is 13.0. The molecule has 27 heavy (non-hydrogen) atoms. The number of carbonyl (C=O) groups is 1. The number of amides is 1. The molecule has 1 amide bonds. The molecule has 0 unspecified atom stereocenters. The van der Waals surface area contributed by atoms with Crippen LogP contribution < -0.4 is 0 Å². The first-order valence-electron chi connectivity index (χ1n) is 9.55. The zero-order chi connectivity index (χ0) is 19.0. The molecule has 2 aromatic rings. The van der Waals surface area contributed by atoms with Crippen molar-refractivity contribution in [2.24, 2.45) is 0 Å². The average molecular weight is 391 g/mol. The second kappa shape index (κ2) is 7.26. The van der Waals surface area contributed by atoms with Crippen molar-refractivity contribution in [1.82, 2.24) is 18.1 Å². The van der Waals surface area contributed by atoms with Gasteiger partial charge >= 0.3 is 0 Å². The molecule has 4 rings (SSSR count). The van der Waals surface area contributed by atoms with Crippen LogP contribution in [0.5, 0.6) is 0 Å². The van der Waals surface area contributed by atoms with Crippen LogP contribution in [0.3, 0.4) is 0 Å². The Labute approximate surface area is 160 Å². The topological polar surface area (TPSA) is 65.9 Å². The number of aryl methyl sites for hydroxylation is 1. The van der Waals surface area contributed by atoms with Crippen molar-refractivity contribution in [2.75, 3.05) is 39.3 Å². The maximum absolute atomic E-state index is 12.8. The molecular weight excluding hydrogens is 364 g/mol. The highest BCUT2D eigenvalue weighted by Crippen LogP contribution is 2.21. The van der Waals surface area contributed by atoms with E-state index in [0.717, 1.165) is 29.4 Å². The second-order valence-corrected chi connectivity index (χ2v) is 9.25. The van der Waals surface area contributed by atoms with Gasteiger partial charge in [0.2, 0.25) is 5.91 Å². The van der Waals surface area contributed by atoms with Crippen LogP contribution in [0, 0.1) is 6.92 Å². The summed E-state index contributed by atoms with van der Waals surface area (Å²) in [6, 6.07) is 10.1. The summed E-state index contributed by atoms with van der Waals surface area (Å²) < 4.78 is 30.4. The van der Waals surface area contributed by atoms with Crippen molar-refractivity contribution in [3.8, 4) is 0 Å². The van der Waals surface area contributed by atoms with E-state index < -0.39 is 10.2 Å². The highest BCUT2D eigenvalue weighted by atomic mass is 32.2. The Hall–Kier alpha value is -1.90. The summed E-state index contributed by atoms with van der Waals surface area (Å²) in [5.74, 6) is 0.0395. The van der Waals surface area contributed by atoms with E-state index in [0.29, 0.717) is 39.3 Å². The van der Waals surface area contributed by atoms with Gasteiger partial charge in [-0.1, -0.05) is 18.2 Å². The molecule has 146 valence electrons. The highest BCUT2D eigenvalue weighted by molar-refractivity contribution is 7.86. The van der Waals surface area contributed by atoms with Crippen molar-refractivity contribution in [3.05, 3.63) is 36.0 Å². The van der Waals surface area contributed by atoms with Gasteiger partial charge in [0.15, 0.2) is 0 Å². The summed E-state index contributed by atoms with van der Waals surface area (Å²) in [6.45, 7) is 5.16. The fourth-order valence-corrected chi connectivity index (χ4v) is 5.71. The number of hydrogen-bond acceptors (Lipinski definition) is 3. The fraction of sp³-hybridized carbons (Fsp3) is 0.526. The van der Waals surface area contributed by atoms with Crippen LogP contribution in [0.1, 0.15) is 18.5 Å². The summed E-state index contributed by atoms with van der Waals surface area (Å²) in [6.07, 6.45) is 1.86. The van der Waals surface area contributed by atoms with E-state index in [4.69, 9.17) is 0 Å². The van der Waals surface area contributed by atoms with E-state index in [1.807, 2.05) is 35.8 Å². The summed E-state index contributed by atoms with van der Waals surface area (Å²) in [7, 11) is -3.37. The van der Waals surface area contributed by atoms with E-state index in [9.17, 15) is 13.2 Å². The third-order valence-corrected chi connectivity index (χ3v) is 7.66. The minimum Gasteiger partial charge on any atom is -0.339 e. The Kier molecular flexibility index (Phi) is 4.96. The van der Waals surface area contributed by atoms with Gasteiger partial charge in [-0.05, 0) is 37.3 Å². The molecule has 0 aliphatic carbocycles. The molecule has 0 radical (unpaired) electrons. The van der Waals surface area contributed by atoms with Crippen LogP contribution in [0.4, 0.5) is 0 Å². The van der Waals surface area contributed by atoms with Crippen LogP contribution in [0.25, 0.3) is 10.9 Å². The van der Waals surface area contributed by atoms with Crippen molar-refractivity contribution < 1.29 is 13.2 Å². The number of aromatic nitrogens is 1. The quantitative estimate of drug-likeness (QED) is 0.793. The maximum Gasteiger partial charge on any atom is 0.282 e. The van der Waals surface area contributed by atoms with Crippen molar-refractivity contribution >= 4 is 27.0 Å². The van der Waals surface area contributed by atoms with Crippen LogP contribution in [-0.2, 0) is 21.5 Å². The zero-order valence-electron chi connectivity index (χ0n) is 15.7. The van der Waals surface area contributed by atoms with Crippen molar-refractivity contribution in [3.63, 3.8) is 0 Å². The molecule has 1 aromatic carbocycles. The van der Waals surface area contributed by atoms with Gasteiger partial charge < -0.3 is 9.47 Å². The zero-order valence-corrected chi connectivity index (χ0v) is 16.5. The maximum atomic E-state index is 12.8. The molecule has 2 fully saturated rings. The summed E-state index contributed by atoms with van der Waals surface area (Å²) in [5, 5.41) is 1.13. The second-order valence-electron chi connectivity index (χ2n) is 7.32. The molecule has 0 bridgehead atoms. The number of benzene rings is 1.